The first-order valence-corrected chi connectivity index (χ1v) is 10.1. The van der Waals surface area contributed by atoms with Crippen LogP contribution in [0.1, 0.15) is 26.7 Å². The van der Waals surface area contributed by atoms with Crippen LogP contribution in [0.3, 0.4) is 0 Å². The van der Waals surface area contributed by atoms with Crippen molar-refractivity contribution < 1.29 is 23.7 Å². The topological polar surface area (TPSA) is 108 Å². The molecule has 10 nitrogen and oxygen atoms in total. The number of piperidine rings is 1. The van der Waals surface area contributed by atoms with Crippen molar-refractivity contribution in [2.75, 3.05) is 20.2 Å². The minimum absolute atomic E-state index is 0.0550. The zero-order valence-electron chi connectivity index (χ0n) is 17.6. The Labute approximate surface area is 178 Å². The Hall–Kier alpha value is -2.89. The van der Waals surface area contributed by atoms with E-state index in [-0.39, 0.29) is 23.8 Å². The quantitative estimate of drug-likeness (QED) is 0.560. The summed E-state index contributed by atoms with van der Waals surface area (Å²) < 4.78 is 32.3. The van der Waals surface area contributed by atoms with Gasteiger partial charge in [-0.3, -0.25) is 4.90 Å². The number of nitrogens with zero attached hydrogens (tertiary/aromatic N) is 6. The first-order chi connectivity index (χ1) is 15.0. The van der Waals surface area contributed by atoms with Crippen LogP contribution in [0.5, 0.6) is 11.8 Å². The second-order valence-electron chi connectivity index (χ2n) is 7.51. The Morgan fingerprint density at radius 2 is 1.94 bits per heavy atom. The van der Waals surface area contributed by atoms with E-state index in [0.717, 1.165) is 0 Å². The molecule has 0 amide bonds. The number of aliphatic hydroxyl groups is 1. The summed E-state index contributed by atoms with van der Waals surface area (Å²) in [6.07, 6.45) is 4.60. The lowest BCUT2D eigenvalue weighted by Gasteiger charge is -2.35. The van der Waals surface area contributed by atoms with Crippen LogP contribution < -0.4 is 9.47 Å². The van der Waals surface area contributed by atoms with Gasteiger partial charge in [-0.05, 0) is 26.7 Å². The zero-order chi connectivity index (χ0) is 22.0. The van der Waals surface area contributed by atoms with Gasteiger partial charge < -0.3 is 19.3 Å². The average Bonchev–Trinajstić information content (AvgIpc) is 3.18. The van der Waals surface area contributed by atoms with Gasteiger partial charge in [0.25, 0.3) is 0 Å². The van der Waals surface area contributed by atoms with Crippen molar-refractivity contribution in [2.45, 2.75) is 45.3 Å². The van der Waals surface area contributed by atoms with Crippen LogP contribution in [0.15, 0.2) is 24.8 Å². The molecule has 11 heteroatoms. The molecule has 4 heterocycles. The standard InChI is InChI=1S/C20H25FN6O4/c1-12(2)30-20(28)26-6-4-13(5-7-26)31-19-14-9-25-27(18(14)23-11-24-19)16-10-22-17(29-3)8-15(16)21/h8-13,20,28H,4-7H2,1-3H3. The van der Waals surface area contributed by atoms with Crippen molar-refractivity contribution in [2.24, 2.45) is 0 Å². The number of methoxy groups -OCH3 is 1. The number of fused-ring (bicyclic) bond motifs is 1. The highest BCUT2D eigenvalue weighted by Crippen LogP contribution is 2.27. The molecule has 1 aliphatic rings. The predicted molar refractivity (Wildman–Crippen MR) is 108 cm³/mol. The third kappa shape index (κ3) is 4.58. The largest absolute Gasteiger partial charge is 0.481 e. The van der Waals surface area contributed by atoms with Crippen molar-refractivity contribution in [3.63, 3.8) is 0 Å². The molecular weight excluding hydrogens is 407 g/mol. The van der Waals surface area contributed by atoms with Gasteiger partial charge in [0.1, 0.15) is 23.5 Å². The number of aromatic nitrogens is 5. The minimum atomic E-state index is -0.919. The highest BCUT2D eigenvalue weighted by Gasteiger charge is 2.27. The molecule has 1 aliphatic heterocycles. The second kappa shape index (κ2) is 9.08. The molecule has 0 bridgehead atoms. The molecule has 4 rings (SSSR count). The molecule has 0 spiro atoms. The molecule has 1 N–H and O–H groups in total. The predicted octanol–water partition coefficient (Wildman–Crippen LogP) is 1.90. The van der Waals surface area contributed by atoms with Gasteiger partial charge in [0.15, 0.2) is 11.5 Å². The smallest absolute Gasteiger partial charge is 0.228 e. The summed E-state index contributed by atoms with van der Waals surface area (Å²) in [5, 5.41) is 14.9. The molecule has 1 unspecified atom stereocenters. The van der Waals surface area contributed by atoms with Crippen LogP contribution in [-0.2, 0) is 4.74 Å². The van der Waals surface area contributed by atoms with Gasteiger partial charge in [0, 0.05) is 19.2 Å². The van der Waals surface area contributed by atoms with E-state index in [4.69, 9.17) is 14.2 Å². The molecule has 1 saturated heterocycles. The SMILES string of the molecule is COc1cc(F)c(-n2ncc3c(OC4CCN(C(O)OC(C)C)CC4)ncnc32)cn1. The van der Waals surface area contributed by atoms with Gasteiger partial charge in [0.05, 0.1) is 25.6 Å². The summed E-state index contributed by atoms with van der Waals surface area (Å²) in [6.45, 7) is 5.03. The van der Waals surface area contributed by atoms with E-state index in [1.54, 1.807) is 6.20 Å². The lowest BCUT2D eigenvalue weighted by atomic mass is 10.1. The van der Waals surface area contributed by atoms with E-state index < -0.39 is 12.2 Å². The Kier molecular flexibility index (Phi) is 6.25. The van der Waals surface area contributed by atoms with E-state index in [1.807, 2.05) is 18.7 Å². The Balaban J connectivity index is 1.49. The minimum Gasteiger partial charge on any atom is -0.481 e. The third-order valence-corrected chi connectivity index (χ3v) is 5.04. The van der Waals surface area contributed by atoms with E-state index in [0.29, 0.717) is 42.8 Å². The lowest BCUT2D eigenvalue weighted by Crippen LogP contribution is -2.46. The molecule has 31 heavy (non-hydrogen) atoms. The van der Waals surface area contributed by atoms with Crippen LogP contribution in [0, 0.1) is 5.82 Å². The molecule has 1 atom stereocenters. The number of halogens is 1. The second-order valence-corrected chi connectivity index (χ2v) is 7.51. The first kappa shape index (κ1) is 21.3. The number of pyridine rings is 1. The van der Waals surface area contributed by atoms with E-state index in [2.05, 4.69) is 20.1 Å². The van der Waals surface area contributed by atoms with Crippen molar-refractivity contribution in [3.05, 3.63) is 30.6 Å². The number of hydrogen-bond donors (Lipinski definition) is 1. The maximum absolute atomic E-state index is 14.5. The maximum atomic E-state index is 14.5. The Morgan fingerprint density at radius 3 is 2.61 bits per heavy atom. The average molecular weight is 432 g/mol. The van der Waals surface area contributed by atoms with Gasteiger partial charge in [-0.25, -0.2) is 24.0 Å². The number of ether oxygens (including phenoxy) is 3. The Morgan fingerprint density at radius 1 is 1.16 bits per heavy atom. The number of aliphatic hydroxyl groups excluding tert-OH is 1. The van der Waals surface area contributed by atoms with Gasteiger partial charge in [-0.2, -0.15) is 5.10 Å². The highest BCUT2D eigenvalue weighted by molar-refractivity contribution is 5.81. The van der Waals surface area contributed by atoms with Gasteiger partial charge in [0.2, 0.25) is 18.2 Å². The monoisotopic (exact) mass is 432 g/mol. The molecule has 0 saturated carbocycles. The van der Waals surface area contributed by atoms with Crippen LogP contribution in [-0.4, -0.2) is 73.6 Å². The van der Waals surface area contributed by atoms with Crippen LogP contribution in [0.2, 0.25) is 0 Å². The molecule has 3 aromatic rings. The summed E-state index contributed by atoms with van der Waals surface area (Å²) in [4.78, 5) is 14.4. The molecule has 0 aromatic carbocycles. The lowest BCUT2D eigenvalue weighted by molar-refractivity contribution is -0.217. The summed E-state index contributed by atoms with van der Waals surface area (Å²) in [5.74, 6) is 0.0228. The summed E-state index contributed by atoms with van der Waals surface area (Å²) in [6, 6.07) is 1.19. The molecule has 0 aliphatic carbocycles. The molecule has 166 valence electrons. The first-order valence-electron chi connectivity index (χ1n) is 10.1. The van der Waals surface area contributed by atoms with E-state index in [1.165, 1.54) is 30.4 Å². The van der Waals surface area contributed by atoms with Crippen molar-refractivity contribution in [1.29, 1.82) is 0 Å². The van der Waals surface area contributed by atoms with Gasteiger partial charge in [-0.1, -0.05) is 0 Å². The fraction of sp³-hybridized carbons (Fsp3) is 0.500. The molecule has 3 aromatic heterocycles. The highest BCUT2D eigenvalue weighted by atomic mass is 19.1. The van der Waals surface area contributed by atoms with Gasteiger partial charge in [-0.15, -0.1) is 0 Å². The fourth-order valence-corrected chi connectivity index (χ4v) is 3.47. The summed E-state index contributed by atoms with van der Waals surface area (Å²) in [5.41, 5.74) is 0.557. The molecule has 0 radical (unpaired) electrons. The van der Waals surface area contributed by atoms with E-state index in [9.17, 15) is 9.50 Å². The van der Waals surface area contributed by atoms with Crippen molar-refractivity contribution in [3.8, 4) is 17.4 Å². The van der Waals surface area contributed by atoms with E-state index >= 15 is 0 Å². The number of likely N-dealkylation sites (tertiary alicyclic amines) is 1. The maximum Gasteiger partial charge on any atom is 0.228 e. The normalized spacial score (nSPS) is 16.7. The van der Waals surface area contributed by atoms with Crippen LogP contribution in [0.25, 0.3) is 16.7 Å². The number of rotatable bonds is 7. The van der Waals surface area contributed by atoms with Crippen LogP contribution >= 0.6 is 0 Å². The summed E-state index contributed by atoms with van der Waals surface area (Å²) in [7, 11) is 1.42. The number of hydrogen-bond acceptors (Lipinski definition) is 9. The third-order valence-electron chi connectivity index (χ3n) is 5.04. The fourth-order valence-electron chi connectivity index (χ4n) is 3.47. The van der Waals surface area contributed by atoms with Crippen LogP contribution in [0.4, 0.5) is 4.39 Å². The summed E-state index contributed by atoms with van der Waals surface area (Å²) >= 11 is 0. The van der Waals surface area contributed by atoms with Gasteiger partial charge >= 0.3 is 0 Å². The zero-order valence-corrected chi connectivity index (χ0v) is 17.6. The molecule has 1 fully saturated rings. The molecular formula is C20H25FN6O4. The van der Waals surface area contributed by atoms with Crippen molar-refractivity contribution >= 4 is 11.0 Å². The van der Waals surface area contributed by atoms with Crippen molar-refractivity contribution in [1.82, 2.24) is 29.6 Å². The Bertz CT molecular complexity index is 1040.